The summed E-state index contributed by atoms with van der Waals surface area (Å²) >= 11 is 0. The van der Waals surface area contributed by atoms with Crippen LogP contribution < -0.4 is 41.6 Å². The van der Waals surface area contributed by atoms with E-state index in [0.29, 0.717) is 67.0 Å². The van der Waals surface area contributed by atoms with Gasteiger partial charge in [-0.1, -0.05) is 83.1 Å². The van der Waals surface area contributed by atoms with Crippen LogP contribution in [0.15, 0.2) is 102 Å². The van der Waals surface area contributed by atoms with Crippen LogP contribution in [0, 0.1) is 11.3 Å². The van der Waals surface area contributed by atoms with Crippen molar-refractivity contribution in [2.45, 2.75) is 121 Å². The number of nitrogens with one attached hydrogen (secondary N) is 3. The zero-order valence-corrected chi connectivity index (χ0v) is 47.5. The molecule has 1 fully saturated rings. The number of hydrogen-bond acceptors (Lipinski definition) is 14. The van der Waals surface area contributed by atoms with Crippen LogP contribution in [-0.2, 0) is 56.3 Å². The number of ketones is 1. The first-order valence-corrected chi connectivity index (χ1v) is 28.1. The van der Waals surface area contributed by atoms with Crippen molar-refractivity contribution >= 4 is 51.2 Å². The Hall–Kier alpha value is -7.23. The van der Waals surface area contributed by atoms with E-state index in [9.17, 15) is 37.2 Å². The maximum absolute atomic E-state index is 14.2. The highest BCUT2D eigenvalue weighted by molar-refractivity contribution is 7.89. The highest BCUT2D eigenvalue weighted by Gasteiger charge is 2.41. The molecule has 0 aromatic heterocycles. The molecule has 5 rings (SSSR count). The summed E-state index contributed by atoms with van der Waals surface area (Å²) in [6.45, 7) is 9.14. The summed E-state index contributed by atoms with van der Waals surface area (Å²) in [7, 11) is 0.429. The van der Waals surface area contributed by atoms with Crippen LogP contribution >= 0.6 is 0 Å². The Labute approximate surface area is 464 Å². The van der Waals surface area contributed by atoms with Gasteiger partial charge in [0.1, 0.15) is 30.5 Å². The highest BCUT2D eigenvalue weighted by atomic mass is 32.2. The van der Waals surface area contributed by atoms with Crippen LogP contribution in [0.4, 0.5) is 10.5 Å². The molecule has 5 atom stereocenters. The minimum Gasteiger partial charge on any atom is -0.493 e. The fourth-order valence-electron chi connectivity index (χ4n) is 9.06. The Morgan fingerprint density at radius 1 is 0.835 bits per heavy atom. The zero-order chi connectivity index (χ0) is 57.9. The number of urea groups is 1. The Bertz CT molecular complexity index is 2800. The molecule has 79 heavy (non-hydrogen) atoms. The smallest absolute Gasteiger partial charge is 0.329 e. The van der Waals surface area contributed by atoms with Crippen molar-refractivity contribution in [1.82, 2.24) is 25.2 Å². The van der Waals surface area contributed by atoms with Gasteiger partial charge in [0.15, 0.2) is 11.5 Å². The van der Waals surface area contributed by atoms with Crippen LogP contribution in [0.2, 0.25) is 0 Å². The van der Waals surface area contributed by atoms with Gasteiger partial charge in [-0.15, -0.1) is 0 Å². The van der Waals surface area contributed by atoms with Gasteiger partial charge < -0.3 is 56.0 Å². The number of sulfonamides is 1. The van der Waals surface area contributed by atoms with E-state index >= 15 is 0 Å². The maximum atomic E-state index is 14.2. The number of methoxy groups -OCH3 is 3. The number of Topliss-reactive ketones (excluding diaryl/α,β-unsaturated/α-hetero) is 1. The van der Waals surface area contributed by atoms with Crippen molar-refractivity contribution in [1.29, 1.82) is 0 Å². The van der Waals surface area contributed by atoms with E-state index in [-0.39, 0.29) is 50.0 Å². The number of primary amides is 1. The van der Waals surface area contributed by atoms with Crippen molar-refractivity contribution < 1.29 is 60.9 Å². The van der Waals surface area contributed by atoms with Gasteiger partial charge in [0, 0.05) is 37.8 Å². The summed E-state index contributed by atoms with van der Waals surface area (Å²) in [6, 6.07) is 23.4. The second-order valence-corrected chi connectivity index (χ2v) is 22.6. The van der Waals surface area contributed by atoms with Crippen molar-refractivity contribution in [3.05, 3.63) is 114 Å². The molecule has 1 saturated heterocycles. The number of rotatable bonds is 30. The molecule has 0 radical (unpaired) electrons. The Morgan fingerprint density at radius 2 is 1.54 bits per heavy atom. The lowest BCUT2D eigenvalue weighted by atomic mass is 9.84. The molecule has 1 heterocycles. The van der Waals surface area contributed by atoms with E-state index in [1.807, 2.05) is 63.2 Å². The second kappa shape index (κ2) is 29.7. The molecule has 0 aliphatic carbocycles. The number of anilines is 1. The third-order valence-electron chi connectivity index (χ3n) is 13.9. The predicted octanol–water partition coefficient (Wildman–Crippen LogP) is 5.90. The fourth-order valence-corrected chi connectivity index (χ4v) is 10.7. The number of amides is 5. The van der Waals surface area contributed by atoms with Gasteiger partial charge in [-0.3, -0.25) is 19.2 Å². The molecule has 21 heteroatoms. The quantitative estimate of drug-likeness (QED) is 0.0176. The number of aryl methyl sites for hydroxylation is 1. The molecule has 430 valence electrons. The fraction of sp³-hybridized carbons (Fsp3) is 0.483. The highest BCUT2D eigenvalue weighted by Crippen LogP contribution is 2.33. The molecule has 0 bridgehead atoms. The molecule has 1 aliphatic rings. The average Bonchev–Trinajstić information content (AvgIpc) is 3.46. The van der Waals surface area contributed by atoms with Crippen molar-refractivity contribution in [3.8, 4) is 17.2 Å². The molecule has 0 spiro atoms. The van der Waals surface area contributed by atoms with Crippen LogP contribution in [0.5, 0.6) is 17.2 Å². The second-order valence-electron chi connectivity index (χ2n) is 20.6. The summed E-state index contributed by atoms with van der Waals surface area (Å²) in [5.74, 6) is -2.14. The first-order chi connectivity index (χ1) is 37.6. The topological polar surface area (TPSA) is 277 Å². The van der Waals surface area contributed by atoms with E-state index in [1.54, 1.807) is 58.4 Å². The van der Waals surface area contributed by atoms with Crippen LogP contribution in [0.1, 0.15) is 95.9 Å². The van der Waals surface area contributed by atoms with Gasteiger partial charge in [-0.2, -0.15) is 4.31 Å². The zero-order valence-electron chi connectivity index (χ0n) is 46.7. The molecule has 20 nitrogen and oxygen atoms in total. The van der Waals surface area contributed by atoms with Gasteiger partial charge in [-0.05, 0) is 116 Å². The van der Waals surface area contributed by atoms with Crippen molar-refractivity contribution in [3.63, 3.8) is 0 Å². The number of likely N-dealkylation sites (tertiary alicyclic amines) is 1. The monoisotopic (exact) mass is 1110 g/mol. The summed E-state index contributed by atoms with van der Waals surface area (Å²) in [4.78, 5) is 82.4. The van der Waals surface area contributed by atoms with Gasteiger partial charge >= 0.3 is 12.0 Å². The number of piperidine rings is 1. The number of esters is 1. The molecule has 0 saturated carbocycles. The number of carbonyl (C=O) groups is 6. The number of ether oxygens (including phenoxy) is 5. The Kier molecular flexibility index (Phi) is 23.5. The normalized spacial score (nSPS) is 15.3. The van der Waals surface area contributed by atoms with E-state index in [0.717, 1.165) is 11.1 Å². The molecule has 5 amide bonds. The largest absolute Gasteiger partial charge is 0.493 e. The third kappa shape index (κ3) is 18.2. The molecule has 0 unspecified atom stereocenters. The lowest BCUT2D eigenvalue weighted by molar-refractivity contribution is -0.164. The summed E-state index contributed by atoms with van der Waals surface area (Å²) in [5.41, 5.74) is 13.2. The number of hydrogen-bond donors (Lipinski definition) is 5. The third-order valence-corrected chi connectivity index (χ3v) is 15.7. The Balaban J connectivity index is 1.28. The van der Waals surface area contributed by atoms with Crippen molar-refractivity contribution in [2.75, 3.05) is 59.8 Å². The first kappa shape index (κ1) is 62.6. The van der Waals surface area contributed by atoms with E-state index in [4.69, 9.17) is 35.2 Å². The Morgan fingerprint density at radius 3 is 2.19 bits per heavy atom. The average molecular weight is 1110 g/mol. The summed E-state index contributed by atoms with van der Waals surface area (Å²) < 4.78 is 58.6. The lowest BCUT2D eigenvalue weighted by Gasteiger charge is -2.36. The van der Waals surface area contributed by atoms with Crippen LogP contribution in [0.25, 0.3) is 0 Å². The molecule has 4 aromatic rings. The number of nitrogens with zero attached hydrogens (tertiary/aromatic N) is 2. The van der Waals surface area contributed by atoms with E-state index < -0.39 is 87.7 Å². The predicted molar refractivity (Wildman–Crippen MR) is 299 cm³/mol. The molecular formula is C58H79N7O13S. The van der Waals surface area contributed by atoms with E-state index in [2.05, 4.69) is 16.0 Å². The number of nitrogens with two attached hydrogens (primary N) is 2. The first-order valence-electron chi connectivity index (χ1n) is 26.7. The van der Waals surface area contributed by atoms with Crippen LogP contribution in [0.3, 0.4) is 0 Å². The molecule has 4 aromatic carbocycles. The summed E-state index contributed by atoms with van der Waals surface area (Å²) in [5, 5.41) is 8.11. The SMILES string of the molecule is CCC(C)(C)C(=O)C(=O)N1CCCC[C@H]1C(=O)O[C@H](CCc1ccc(OC)c(OC)c1)c1cccc(OCCNC(=O)N[C@@H](CC(N)=O)C(=O)N[C@@H](Cc2ccccc2)[C@@H](CN(CC(C)C)S(=O)(=O)c2ccc(N)cc2)OC)c1. The lowest BCUT2D eigenvalue weighted by Crippen LogP contribution is -2.57. The molecular weight excluding hydrogens is 1030 g/mol. The van der Waals surface area contributed by atoms with E-state index in [1.165, 1.54) is 40.6 Å². The van der Waals surface area contributed by atoms with Crippen LogP contribution in [-0.4, -0.2) is 131 Å². The molecule has 7 N–H and O–H groups in total. The van der Waals surface area contributed by atoms with Gasteiger partial charge in [0.25, 0.3) is 5.91 Å². The molecule has 1 aliphatic heterocycles. The number of benzene rings is 4. The van der Waals surface area contributed by atoms with Crippen molar-refractivity contribution in [2.24, 2.45) is 17.1 Å². The standard InChI is InChI=1S/C58H79N7O13S/c1-9-58(4,5)53(67)55(69)65-30-14-13-20-47(65)56(70)78-48(27-21-40-22-28-49(74-6)50(33-40)75-7)41-18-15-19-43(34-41)77-31-29-61-57(71)63-46(35-52(60)66)54(68)62-45(32-39-16-11-10-12-17-39)51(76-8)37-64(36-38(2)3)79(72,73)44-25-23-42(59)24-26-44/h10-12,15-19,22-26,28,33-34,38,45-48,51H,9,13-14,20-21,27,29-32,35-37,59H2,1-8H3,(H2,60,66)(H,62,68)(H2,61,63,71)/t45-,46-,47-,48+,51+/m0/s1. The van der Waals surface area contributed by atoms with Gasteiger partial charge in [-0.25, -0.2) is 18.0 Å². The number of nitrogen functional groups attached to an aromatic ring is 1. The van der Waals surface area contributed by atoms with Gasteiger partial charge in [0.05, 0.1) is 44.2 Å². The minimum atomic E-state index is -4.07. The minimum absolute atomic E-state index is 0.0341. The number of carbonyl (C=O) groups excluding carboxylic acids is 6. The summed E-state index contributed by atoms with van der Waals surface area (Å²) in [6.07, 6.45) is 0.755. The van der Waals surface area contributed by atoms with Gasteiger partial charge in [0.2, 0.25) is 27.6 Å². The maximum Gasteiger partial charge on any atom is 0.329 e.